The monoisotopic (exact) mass is 480 g/mol. The van der Waals surface area contributed by atoms with Crippen LogP contribution in [-0.2, 0) is 0 Å². The molecule has 2 aromatic heterocycles. The van der Waals surface area contributed by atoms with Gasteiger partial charge in [-0.15, -0.1) is 0 Å². The van der Waals surface area contributed by atoms with Gasteiger partial charge in [-0.05, 0) is 0 Å². The summed E-state index contributed by atoms with van der Waals surface area (Å²) in [5.41, 5.74) is 1.99. The second-order valence-corrected chi connectivity index (χ2v) is 20.6. The molecule has 2 aromatic rings. The van der Waals surface area contributed by atoms with Crippen LogP contribution in [0.15, 0.2) is 22.9 Å². The third-order valence-electron chi connectivity index (χ3n) is 5.64. The van der Waals surface area contributed by atoms with E-state index in [4.69, 9.17) is 9.26 Å². The molecule has 4 nitrogen and oxygen atoms in total. The van der Waals surface area contributed by atoms with E-state index in [1.807, 2.05) is 6.07 Å². The standard InChI is InChI=1S/C10H9N2O2.3C4H9.Sn/c1-7-6-9(12-14-7)8-4-3-5-11-10(8)13-2;3*1-3-4-2;/h3-5H,1-2H3;3*1,3-4H2,2H3;. The maximum atomic E-state index is 5.81. The maximum absolute atomic E-state index is 5.81. The quantitative estimate of drug-likeness (QED) is 0.345. The molecular weight excluding hydrogens is 443 g/mol. The van der Waals surface area contributed by atoms with Gasteiger partial charge in [-0.25, -0.2) is 0 Å². The molecule has 27 heavy (non-hydrogen) atoms. The first-order valence-electron chi connectivity index (χ1n) is 10.6. The average molecular weight is 479 g/mol. The van der Waals surface area contributed by atoms with E-state index >= 15 is 0 Å². The van der Waals surface area contributed by atoms with Crippen molar-refractivity contribution >= 4 is 22.0 Å². The fourth-order valence-electron chi connectivity index (χ4n) is 4.21. The number of aromatic nitrogens is 2. The summed E-state index contributed by atoms with van der Waals surface area (Å²) < 4.78 is 17.0. The summed E-state index contributed by atoms with van der Waals surface area (Å²) in [5.74, 6) is 1.68. The molecule has 0 bridgehead atoms. The normalized spacial score (nSPS) is 11.7. The Morgan fingerprint density at radius 2 is 1.59 bits per heavy atom. The van der Waals surface area contributed by atoms with Crippen LogP contribution in [0.2, 0.25) is 13.3 Å². The number of ether oxygens (including phenoxy) is 1. The second kappa shape index (κ2) is 11.1. The fourth-order valence-corrected chi connectivity index (χ4v) is 21.5. The van der Waals surface area contributed by atoms with Gasteiger partial charge in [0.25, 0.3) is 0 Å². The second-order valence-electron chi connectivity index (χ2n) is 7.61. The SMILES string of the molecule is CCC[CH2][Sn]([CH2]CCC)([CH2]CCC)[c]1c(-c2cccnc2OC)noc1C. The van der Waals surface area contributed by atoms with Crippen LogP contribution in [0.4, 0.5) is 0 Å². The van der Waals surface area contributed by atoms with Crippen molar-refractivity contribution in [3.63, 3.8) is 0 Å². The fraction of sp³-hybridized carbons (Fsp3) is 0.636. The van der Waals surface area contributed by atoms with Crippen molar-refractivity contribution in [3.05, 3.63) is 24.1 Å². The number of methoxy groups -OCH3 is 1. The van der Waals surface area contributed by atoms with E-state index in [0.29, 0.717) is 5.88 Å². The molecule has 0 saturated heterocycles. The Bertz CT molecular complexity index is 678. The van der Waals surface area contributed by atoms with Gasteiger partial charge in [0, 0.05) is 0 Å². The van der Waals surface area contributed by atoms with Crippen LogP contribution < -0.4 is 8.32 Å². The van der Waals surface area contributed by atoms with Gasteiger partial charge in [0.1, 0.15) is 0 Å². The summed E-state index contributed by atoms with van der Waals surface area (Å²) in [6, 6.07) is 4.04. The van der Waals surface area contributed by atoms with Crippen LogP contribution in [0, 0.1) is 6.92 Å². The van der Waals surface area contributed by atoms with E-state index in [9.17, 15) is 0 Å². The Kier molecular flexibility index (Phi) is 9.13. The first-order valence-corrected chi connectivity index (χ1v) is 18.1. The van der Waals surface area contributed by atoms with Crippen molar-refractivity contribution in [1.82, 2.24) is 10.1 Å². The zero-order valence-electron chi connectivity index (χ0n) is 17.8. The van der Waals surface area contributed by atoms with Gasteiger partial charge in [-0.1, -0.05) is 0 Å². The van der Waals surface area contributed by atoms with Gasteiger partial charge in [0.2, 0.25) is 0 Å². The van der Waals surface area contributed by atoms with Crippen LogP contribution >= 0.6 is 0 Å². The molecule has 5 heteroatoms. The minimum atomic E-state index is -2.67. The molecule has 2 rings (SSSR count). The molecule has 150 valence electrons. The molecule has 0 amide bonds. The van der Waals surface area contributed by atoms with Gasteiger partial charge >= 0.3 is 169 Å². The number of hydrogen-bond donors (Lipinski definition) is 0. The molecule has 0 atom stereocenters. The summed E-state index contributed by atoms with van der Waals surface area (Å²) >= 11 is -2.67. The van der Waals surface area contributed by atoms with E-state index in [2.05, 4.69) is 43.9 Å². The summed E-state index contributed by atoms with van der Waals surface area (Å²) in [5, 5.41) is 4.54. The van der Waals surface area contributed by atoms with E-state index in [-0.39, 0.29) is 0 Å². The average Bonchev–Trinajstić information content (AvgIpc) is 3.09. The van der Waals surface area contributed by atoms with Crippen molar-refractivity contribution in [2.45, 2.75) is 79.5 Å². The van der Waals surface area contributed by atoms with Gasteiger partial charge < -0.3 is 0 Å². The molecule has 0 unspecified atom stereocenters. The Labute approximate surface area is 169 Å². The van der Waals surface area contributed by atoms with Crippen LogP contribution in [0.3, 0.4) is 0 Å². The van der Waals surface area contributed by atoms with Crippen LogP contribution in [0.25, 0.3) is 11.3 Å². The Morgan fingerprint density at radius 1 is 1.00 bits per heavy atom. The van der Waals surface area contributed by atoms with Crippen molar-refractivity contribution < 1.29 is 9.26 Å². The summed E-state index contributed by atoms with van der Waals surface area (Å²) in [4.78, 5) is 4.41. The van der Waals surface area contributed by atoms with Crippen molar-refractivity contribution in [2.75, 3.05) is 7.11 Å². The molecule has 2 heterocycles. The van der Waals surface area contributed by atoms with Gasteiger partial charge in [0.05, 0.1) is 0 Å². The molecule has 0 aliphatic heterocycles. The predicted octanol–water partition coefficient (Wildman–Crippen LogP) is 6.11. The molecule has 0 radical (unpaired) electrons. The van der Waals surface area contributed by atoms with Gasteiger partial charge in [0.15, 0.2) is 0 Å². The third-order valence-corrected chi connectivity index (χ3v) is 21.6. The molecule has 0 aliphatic carbocycles. The van der Waals surface area contributed by atoms with Crippen LogP contribution in [0.5, 0.6) is 5.88 Å². The first-order chi connectivity index (χ1) is 13.1. The number of unbranched alkanes of at least 4 members (excludes halogenated alkanes) is 3. The summed E-state index contributed by atoms with van der Waals surface area (Å²) in [6.07, 6.45) is 9.50. The number of hydrogen-bond acceptors (Lipinski definition) is 4. The number of aryl methyl sites for hydroxylation is 1. The summed E-state index contributed by atoms with van der Waals surface area (Å²) in [6.45, 7) is 9.04. The molecule has 0 fully saturated rings. The molecule has 0 saturated carbocycles. The van der Waals surface area contributed by atoms with Crippen molar-refractivity contribution in [1.29, 1.82) is 0 Å². The van der Waals surface area contributed by atoms with E-state index in [1.165, 1.54) is 55.4 Å². The molecular formula is C22H36N2O2Sn. The number of nitrogens with zero attached hydrogens (tertiary/aromatic N) is 2. The first kappa shape index (κ1) is 22.2. The molecule has 0 spiro atoms. The summed E-state index contributed by atoms with van der Waals surface area (Å²) in [7, 11) is 1.68. The number of rotatable bonds is 12. The van der Waals surface area contributed by atoms with E-state index in [1.54, 1.807) is 13.3 Å². The van der Waals surface area contributed by atoms with Gasteiger partial charge in [-0.3, -0.25) is 0 Å². The Morgan fingerprint density at radius 3 is 2.11 bits per heavy atom. The van der Waals surface area contributed by atoms with Crippen LogP contribution in [0.1, 0.15) is 65.1 Å². The van der Waals surface area contributed by atoms with E-state index < -0.39 is 18.4 Å². The Hall–Kier alpha value is -1.04. The zero-order chi connectivity index (χ0) is 19.7. The molecule has 0 N–H and O–H groups in total. The van der Waals surface area contributed by atoms with Gasteiger partial charge in [-0.2, -0.15) is 0 Å². The molecule has 0 aromatic carbocycles. The van der Waals surface area contributed by atoms with E-state index in [0.717, 1.165) is 17.0 Å². The molecule has 0 aliphatic rings. The number of pyridine rings is 1. The third kappa shape index (κ3) is 5.27. The zero-order valence-corrected chi connectivity index (χ0v) is 20.7. The van der Waals surface area contributed by atoms with Crippen molar-refractivity contribution in [3.8, 4) is 17.1 Å². The minimum absolute atomic E-state index is 0.647. The van der Waals surface area contributed by atoms with Crippen LogP contribution in [-0.4, -0.2) is 35.6 Å². The predicted molar refractivity (Wildman–Crippen MR) is 116 cm³/mol. The topological polar surface area (TPSA) is 48.2 Å². The Balaban J connectivity index is 2.61. The van der Waals surface area contributed by atoms with Crippen molar-refractivity contribution in [2.24, 2.45) is 0 Å².